The average molecular weight is 369 g/mol. The van der Waals surface area contributed by atoms with E-state index in [0.29, 0.717) is 23.6 Å². The largest absolute Gasteiger partial charge is 0.493 e. The van der Waals surface area contributed by atoms with E-state index in [0.717, 1.165) is 18.4 Å². The molecule has 2 bridgehead atoms. The molecule has 2 atom stereocenters. The summed E-state index contributed by atoms with van der Waals surface area (Å²) in [5.41, 5.74) is 0.304. The molecule has 0 radical (unpaired) electrons. The van der Waals surface area contributed by atoms with Gasteiger partial charge in [0, 0.05) is 18.1 Å². The maximum atomic E-state index is 12.9. The van der Waals surface area contributed by atoms with E-state index in [-0.39, 0.29) is 24.4 Å². The Morgan fingerprint density at radius 3 is 2.28 bits per heavy atom. The van der Waals surface area contributed by atoms with E-state index in [9.17, 15) is 4.79 Å². The molecule has 1 aromatic rings. The first kappa shape index (κ1) is 19.9. The molecular weight excluding hydrogens is 340 g/mol. The highest BCUT2D eigenvalue weighted by Gasteiger charge is 2.37. The SMILES string of the molecule is COc1ccc(C(C)(C)C(=O)NC2CC3CCC(C2)N3)cc1OC.Cl. The molecule has 2 N–H and O–H groups in total. The number of hydrogen-bond donors (Lipinski definition) is 2. The Labute approximate surface area is 156 Å². The van der Waals surface area contributed by atoms with Crippen LogP contribution in [0.2, 0.25) is 0 Å². The molecule has 0 aromatic heterocycles. The molecule has 0 aliphatic carbocycles. The number of methoxy groups -OCH3 is 2. The monoisotopic (exact) mass is 368 g/mol. The van der Waals surface area contributed by atoms with Crippen molar-refractivity contribution >= 4 is 18.3 Å². The Hall–Kier alpha value is -1.46. The lowest BCUT2D eigenvalue weighted by Gasteiger charge is -2.33. The molecule has 6 heteroatoms. The van der Waals surface area contributed by atoms with E-state index >= 15 is 0 Å². The zero-order valence-corrected chi connectivity index (χ0v) is 16.2. The molecule has 0 spiro atoms. The summed E-state index contributed by atoms with van der Waals surface area (Å²) in [4.78, 5) is 12.9. The van der Waals surface area contributed by atoms with Crippen molar-refractivity contribution in [1.82, 2.24) is 10.6 Å². The van der Waals surface area contributed by atoms with Gasteiger partial charge in [-0.2, -0.15) is 0 Å². The fourth-order valence-electron chi connectivity index (χ4n) is 3.90. The Morgan fingerprint density at radius 1 is 1.12 bits per heavy atom. The summed E-state index contributed by atoms with van der Waals surface area (Å²) in [7, 11) is 3.22. The summed E-state index contributed by atoms with van der Waals surface area (Å²) in [5, 5.41) is 6.88. The van der Waals surface area contributed by atoms with Crippen molar-refractivity contribution in [3.63, 3.8) is 0 Å². The van der Waals surface area contributed by atoms with Crippen molar-refractivity contribution < 1.29 is 14.3 Å². The fourth-order valence-corrected chi connectivity index (χ4v) is 3.90. The zero-order chi connectivity index (χ0) is 17.3. The summed E-state index contributed by atoms with van der Waals surface area (Å²) in [5.74, 6) is 1.39. The van der Waals surface area contributed by atoms with Crippen LogP contribution in [-0.2, 0) is 10.2 Å². The lowest BCUT2D eigenvalue weighted by atomic mass is 9.83. The van der Waals surface area contributed by atoms with E-state index in [1.54, 1.807) is 14.2 Å². The molecule has 1 amide bonds. The number of carbonyl (C=O) groups is 1. The third-order valence-corrected chi connectivity index (χ3v) is 5.48. The van der Waals surface area contributed by atoms with Crippen LogP contribution >= 0.6 is 12.4 Å². The minimum atomic E-state index is -0.622. The van der Waals surface area contributed by atoms with Crippen molar-refractivity contribution in [3.8, 4) is 11.5 Å². The normalized spacial score (nSPS) is 25.0. The summed E-state index contributed by atoms with van der Waals surface area (Å²) in [6.07, 6.45) is 4.53. The molecule has 25 heavy (non-hydrogen) atoms. The van der Waals surface area contributed by atoms with Crippen molar-refractivity contribution in [2.75, 3.05) is 14.2 Å². The van der Waals surface area contributed by atoms with Gasteiger partial charge in [0.15, 0.2) is 11.5 Å². The number of ether oxygens (including phenoxy) is 2. The van der Waals surface area contributed by atoms with Gasteiger partial charge in [-0.25, -0.2) is 0 Å². The van der Waals surface area contributed by atoms with Crippen molar-refractivity contribution in [2.24, 2.45) is 0 Å². The van der Waals surface area contributed by atoms with E-state index in [4.69, 9.17) is 9.47 Å². The van der Waals surface area contributed by atoms with Gasteiger partial charge in [-0.3, -0.25) is 4.79 Å². The lowest BCUT2D eigenvalue weighted by Crippen LogP contribution is -2.51. The molecular formula is C19H29ClN2O3. The van der Waals surface area contributed by atoms with Crippen LogP contribution in [0.5, 0.6) is 11.5 Å². The molecule has 2 unspecified atom stereocenters. The lowest BCUT2D eigenvalue weighted by molar-refractivity contribution is -0.126. The third-order valence-electron chi connectivity index (χ3n) is 5.48. The van der Waals surface area contributed by atoms with Gasteiger partial charge in [-0.1, -0.05) is 6.07 Å². The molecule has 140 valence electrons. The maximum absolute atomic E-state index is 12.9. The third kappa shape index (κ3) is 4.04. The highest BCUT2D eigenvalue weighted by atomic mass is 35.5. The van der Waals surface area contributed by atoms with E-state index in [1.165, 1.54) is 12.8 Å². The maximum Gasteiger partial charge on any atom is 0.230 e. The van der Waals surface area contributed by atoms with Gasteiger partial charge >= 0.3 is 0 Å². The van der Waals surface area contributed by atoms with Crippen molar-refractivity contribution in [1.29, 1.82) is 0 Å². The second kappa shape index (κ2) is 7.83. The number of carbonyl (C=O) groups excluding carboxylic acids is 1. The van der Waals surface area contributed by atoms with Crippen LogP contribution in [0, 0.1) is 0 Å². The Bertz CT molecular complexity index is 609. The van der Waals surface area contributed by atoms with Crippen LogP contribution in [0.25, 0.3) is 0 Å². The number of rotatable bonds is 5. The predicted octanol–water partition coefficient (Wildman–Crippen LogP) is 2.80. The summed E-state index contributed by atoms with van der Waals surface area (Å²) < 4.78 is 10.7. The summed E-state index contributed by atoms with van der Waals surface area (Å²) in [6.45, 7) is 3.92. The minimum Gasteiger partial charge on any atom is -0.493 e. The molecule has 2 aliphatic rings. The molecule has 3 rings (SSSR count). The van der Waals surface area contributed by atoms with Crippen LogP contribution < -0.4 is 20.1 Å². The van der Waals surface area contributed by atoms with E-state index in [2.05, 4.69) is 10.6 Å². The number of nitrogens with one attached hydrogen (secondary N) is 2. The molecule has 0 saturated carbocycles. The molecule has 1 aromatic carbocycles. The predicted molar refractivity (Wildman–Crippen MR) is 101 cm³/mol. The van der Waals surface area contributed by atoms with E-state index < -0.39 is 5.41 Å². The number of halogens is 1. The minimum absolute atomic E-state index is 0. The number of amides is 1. The Morgan fingerprint density at radius 2 is 1.72 bits per heavy atom. The van der Waals surface area contributed by atoms with Crippen LogP contribution in [0.3, 0.4) is 0 Å². The van der Waals surface area contributed by atoms with Crippen LogP contribution in [0.15, 0.2) is 18.2 Å². The quantitative estimate of drug-likeness (QED) is 0.839. The van der Waals surface area contributed by atoms with Gasteiger partial charge in [0.2, 0.25) is 5.91 Å². The first-order chi connectivity index (χ1) is 11.4. The zero-order valence-electron chi connectivity index (χ0n) is 15.4. The summed E-state index contributed by atoms with van der Waals surface area (Å²) in [6, 6.07) is 7.10. The van der Waals surface area contributed by atoms with Gasteiger partial charge in [0.05, 0.1) is 19.6 Å². The van der Waals surface area contributed by atoms with Gasteiger partial charge in [-0.05, 0) is 57.2 Å². The van der Waals surface area contributed by atoms with Crippen LogP contribution in [0.1, 0.15) is 45.1 Å². The smallest absolute Gasteiger partial charge is 0.230 e. The number of hydrogen-bond acceptors (Lipinski definition) is 4. The average Bonchev–Trinajstić information content (AvgIpc) is 2.92. The molecule has 2 saturated heterocycles. The topological polar surface area (TPSA) is 59.6 Å². The van der Waals surface area contributed by atoms with Crippen LogP contribution in [0.4, 0.5) is 0 Å². The fraction of sp³-hybridized carbons (Fsp3) is 0.632. The second-order valence-electron chi connectivity index (χ2n) is 7.47. The van der Waals surface area contributed by atoms with Gasteiger partial charge in [0.1, 0.15) is 0 Å². The molecule has 2 heterocycles. The molecule has 2 fully saturated rings. The Balaban J connectivity index is 0.00000225. The molecule has 2 aliphatic heterocycles. The number of benzene rings is 1. The first-order valence-corrected chi connectivity index (χ1v) is 8.73. The summed E-state index contributed by atoms with van der Waals surface area (Å²) >= 11 is 0. The first-order valence-electron chi connectivity index (χ1n) is 8.73. The number of piperidine rings is 1. The van der Waals surface area contributed by atoms with Crippen molar-refractivity contribution in [2.45, 2.75) is 63.1 Å². The van der Waals surface area contributed by atoms with Crippen molar-refractivity contribution in [3.05, 3.63) is 23.8 Å². The van der Waals surface area contributed by atoms with E-state index in [1.807, 2.05) is 32.0 Å². The molecule has 5 nitrogen and oxygen atoms in total. The second-order valence-corrected chi connectivity index (χ2v) is 7.47. The Kier molecular flexibility index (Phi) is 6.22. The number of fused-ring (bicyclic) bond motifs is 2. The highest BCUT2D eigenvalue weighted by molar-refractivity contribution is 5.87. The van der Waals surface area contributed by atoms with Gasteiger partial charge < -0.3 is 20.1 Å². The van der Waals surface area contributed by atoms with Gasteiger partial charge in [0.25, 0.3) is 0 Å². The standard InChI is InChI=1S/C19H28N2O3.ClH/c1-19(2,12-5-8-16(23-3)17(9-12)24-4)18(22)21-15-10-13-6-7-14(11-15)20-13;/h5,8-9,13-15,20H,6-7,10-11H2,1-4H3,(H,21,22);1H. The van der Waals surface area contributed by atoms with Crippen LogP contribution in [-0.4, -0.2) is 38.3 Å². The highest BCUT2D eigenvalue weighted by Crippen LogP contribution is 2.34. The van der Waals surface area contributed by atoms with Gasteiger partial charge in [-0.15, -0.1) is 12.4 Å².